The molecule has 6 nitrogen and oxygen atoms in total. The fraction of sp³-hybridized carbons (Fsp3) is 0.600. The largest absolute Gasteiger partial charge is 0.444 e. The Morgan fingerprint density at radius 2 is 2.44 bits per heavy atom. The minimum Gasteiger partial charge on any atom is -0.444 e. The van der Waals surface area contributed by atoms with Gasteiger partial charge >= 0.3 is 0 Å². The lowest BCUT2D eigenvalue weighted by atomic mass is 10.2. The number of nitrogens with two attached hydrogens (primary N) is 1. The number of amidine groups is 1. The molecule has 0 spiro atoms. The predicted octanol–water partition coefficient (Wildman–Crippen LogP) is 1.16. The van der Waals surface area contributed by atoms with Crippen molar-refractivity contribution in [1.29, 1.82) is 0 Å². The van der Waals surface area contributed by atoms with Gasteiger partial charge in [-0.25, -0.2) is 4.98 Å². The van der Waals surface area contributed by atoms with Crippen molar-refractivity contribution >= 4 is 5.84 Å². The quantitative estimate of drug-likeness (QED) is 0.303. The molecule has 1 aromatic heterocycles. The van der Waals surface area contributed by atoms with Crippen molar-refractivity contribution in [2.45, 2.75) is 39.3 Å². The third-order valence-electron chi connectivity index (χ3n) is 2.34. The molecule has 6 heteroatoms. The zero-order valence-electron chi connectivity index (χ0n) is 9.77. The molecule has 0 radical (unpaired) electrons. The molecule has 0 amide bonds. The molecule has 4 N–H and O–H groups in total. The Hall–Kier alpha value is -1.56. The highest BCUT2D eigenvalue weighted by Crippen LogP contribution is 2.13. The minimum atomic E-state index is -0.188. The highest BCUT2D eigenvalue weighted by Gasteiger charge is 2.18. The number of oxazole rings is 1. The summed E-state index contributed by atoms with van der Waals surface area (Å²) in [6.07, 6.45) is 2.39. The molecule has 1 aromatic rings. The number of nitrogens with zero attached hydrogens (tertiary/aromatic N) is 2. The van der Waals surface area contributed by atoms with Crippen LogP contribution in [0.25, 0.3) is 0 Å². The summed E-state index contributed by atoms with van der Waals surface area (Å²) in [7, 11) is 0. The molecular formula is C10H18N4O2. The summed E-state index contributed by atoms with van der Waals surface area (Å²) in [6, 6.07) is -0.272. The van der Waals surface area contributed by atoms with Gasteiger partial charge in [0.1, 0.15) is 5.76 Å². The van der Waals surface area contributed by atoms with Gasteiger partial charge in [-0.2, -0.15) is 0 Å². The van der Waals surface area contributed by atoms with E-state index in [2.05, 4.69) is 15.5 Å². The van der Waals surface area contributed by atoms with Gasteiger partial charge in [-0.05, 0) is 20.3 Å². The molecule has 0 saturated heterocycles. The number of aryl methyl sites for hydroxylation is 1. The van der Waals surface area contributed by atoms with E-state index in [0.717, 1.165) is 12.2 Å². The highest BCUT2D eigenvalue weighted by molar-refractivity contribution is 5.85. The SMILES string of the molecule is CCC(NC(C)c1ncc(C)o1)/C(N)=N/O. The Morgan fingerprint density at radius 1 is 1.75 bits per heavy atom. The molecule has 0 bridgehead atoms. The third kappa shape index (κ3) is 2.96. The van der Waals surface area contributed by atoms with Crippen molar-refractivity contribution in [1.82, 2.24) is 10.3 Å². The Labute approximate surface area is 94.5 Å². The van der Waals surface area contributed by atoms with Crippen LogP contribution >= 0.6 is 0 Å². The van der Waals surface area contributed by atoms with Gasteiger partial charge in [-0.1, -0.05) is 12.1 Å². The fourth-order valence-corrected chi connectivity index (χ4v) is 1.43. The lowest BCUT2D eigenvalue weighted by Gasteiger charge is -2.18. The first-order valence-electron chi connectivity index (χ1n) is 5.24. The number of nitrogens with one attached hydrogen (secondary N) is 1. The van der Waals surface area contributed by atoms with Crippen LogP contribution in [0.5, 0.6) is 0 Å². The van der Waals surface area contributed by atoms with Gasteiger partial charge in [-0.15, -0.1) is 0 Å². The number of aromatic nitrogens is 1. The second kappa shape index (κ2) is 5.50. The van der Waals surface area contributed by atoms with E-state index in [1.54, 1.807) is 6.20 Å². The zero-order valence-corrected chi connectivity index (χ0v) is 9.77. The van der Waals surface area contributed by atoms with Crippen LogP contribution in [-0.2, 0) is 0 Å². The van der Waals surface area contributed by atoms with E-state index in [1.807, 2.05) is 20.8 Å². The molecule has 0 aliphatic carbocycles. The number of hydrogen-bond donors (Lipinski definition) is 3. The molecule has 90 valence electrons. The summed E-state index contributed by atoms with van der Waals surface area (Å²) in [5.74, 6) is 1.53. The molecule has 0 aliphatic heterocycles. The van der Waals surface area contributed by atoms with Crippen molar-refractivity contribution in [3.8, 4) is 0 Å². The van der Waals surface area contributed by atoms with E-state index in [4.69, 9.17) is 15.4 Å². The molecular weight excluding hydrogens is 208 g/mol. The summed E-state index contributed by atoms with van der Waals surface area (Å²) < 4.78 is 5.39. The predicted molar refractivity (Wildman–Crippen MR) is 60.3 cm³/mol. The molecule has 0 aliphatic rings. The summed E-state index contributed by atoms with van der Waals surface area (Å²) in [4.78, 5) is 4.12. The van der Waals surface area contributed by atoms with Crippen molar-refractivity contribution in [2.24, 2.45) is 10.9 Å². The van der Waals surface area contributed by atoms with E-state index in [1.165, 1.54) is 0 Å². The monoisotopic (exact) mass is 226 g/mol. The first-order valence-corrected chi connectivity index (χ1v) is 5.24. The average Bonchev–Trinajstić information content (AvgIpc) is 2.71. The maximum Gasteiger partial charge on any atom is 0.211 e. The standard InChI is InChI=1S/C10H18N4O2/c1-4-8(9(11)14-15)13-7(3)10-12-5-6(2)16-10/h5,7-8,13,15H,4H2,1-3H3,(H2,11,14). The van der Waals surface area contributed by atoms with Gasteiger partial charge in [0.2, 0.25) is 5.89 Å². The lowest BCUT2D eigenvalue weighted by Crippen LogP contribution is -2.42. The molecule has 1 rings (SSSR count). The van der Waals surface area contributed by atoms with Crippen LogP contribution in [0, 0.1) is 6.92 Å². The summed E-state index contributed by atoms with van der Waals surface area (Å²) in [5.41, 5.74) is 5.55. The molecule has 0 saturated carbocycles. The van der Waals surface area contributed by atoms with Crippen molar-refractivity contribution in [2.75, 3.05) is 0 Å². The fourth-order valence-electron chi connectivity index (χ4n) is 1.43. The van der Waals surface area contributed by atoms with Gasteiger partial charge in [-0.3, -0.25) is 5.32 Å². The molecule has 0 fully saturated rings. The minimum absolute atomic E-state index is 0.0843. The topological polar surface area (TPSA) is 96.7 Å². The molecule has 0 aromatic carbocycles. The first-order chi connectivity index (χ1) is 7.58. The van der Waals surface area contributed by atoms with E-state index in [9.17, 15) is 0 Å². The van der Waals surface area contributed by atoms with E-state index < -0.39 is 0 Å². The molecule has 1 heterocycles. The number of rotatable bonds is 5. The zero-order chi connectivity index (χ0) is 12.1. The van der Waals surface area contributed by atoms with Crippen LogP contribution in [0.4, 0.5) is 0 Å². The first kappa shape index (κ1) is 12.5. The number of oxime groups is 1. The Bertz CT molecular complexity index is 361. The third-order valence-corrected chi connectivity index (χ3v) is 2.34. The van der Waals surface area contributed by atoms with E-state index >= 15 is 0 Å². The van der Waals surface area contributed by atoms with Gasteiger partial charge in [0.05, 0.1) is 18.3 Å². The second-order valence-electron chi connectivity index (χ2n) is 3.68. The Balaban J connectivity index is 2.65. The Kier molecular flexibility index (Phi) is 4.30. The van der Waals surface area contributed by atoms with Gasteiger partial charge in [0, 0.05) is 0 Å². The van der Waals surface area contributed by atoms with Crippen LogP contribution in [0.2, 0.25) is 0 Å². The molecule has 16 heavy (non-hydrogen) atoms. The van der Waals surface area contributed by atoms with Crippen molar-refractivity contribution in [3.63, 3.8) is 0 Å². The van der Waals surface area contributed by atoms with Gasteiger partial charge in [0.15, 0.2) is 5.84 Å². The van der Waals surface area contributed by atoms with E-state index in [0.29, 0.717) is 5.89 Å². The Morgan fingerprint density at radius 3 is 2.88 bits per heavy atom. The van der Waals surface area contributed by atoms with Crippen LogP contribution in [-0.4, -0.2) is 22.1 Å². The lowest BCUT2D eigenvalue weighted by molar-refractivity contribution is 0.311. The highest BCUT2D eigenvalue weighted by atomic mass is 16.4. The normalized spacial score (nSPS) is 16.1. The molecule has 2 unspecified atom stereocenters. The number of hydrogen-bond acceptors (Lipinski definition) is 5. The average molecular weight is 226 g/mol. The maximum absolute atomic E-state index is 8.61. The van der Waals surface area contributed by atoms with Gasteiger partial charge in [0.25, 0.3) is 0 Å². The molecule has 2 atom stereocenters. The second-order valence-corrected chi connectivity index (χ2v) is 3.68. The van der Waals surface area contributed by atoms with Crippen molar-refractivity contribution in [3.05, 3.63) is 17.8 Å². The summed E-state index contributed by atoms with van der Waals surface area (Å²) in [6.45, 7) is 5.70. The van der Waals surface area contributed by atoms with Crippen LogP contribution in [0.1, 0.15) is 38.0 Å². The van der Waals surface area contributed by atoms with Crippen molar-refractivity contribution < 1.29 is 9.62 Å². The smallest absolute Gasteiger partial charge is 0.211 e. The summed E-state index contributed by atoms with van der Waals surface area (Å²) in [5, 5.41) is 14.8. The summed E-state index contributed by atoms with van der Waals surface area (Å²) >= 11 is 0. The maximum atomic E-state index is 8.61. The van der Waals surface area contributed by atoms with E-state index in [-0.39, 0.29) is 17.9 Å². The van der Waals surface area contributed by atoms with Gasteiger partial charge < -0.3 is 15.4 Å². The van der Waals surface area contributed by atoms with Crippen LogP contribution < -0.4 is 11.1 Å². The van der Waals surface area contributed by atoms with Crippen LogP contribution in [0.15, 0.2) is 15.8 Å². The van der Waals surface area contributed by atoms with Crippen LogP contribution in [0.3, 0.4) is 0 Å².